The molecule has 0 unspecified atom stereocenters. The van der Waals surface area contributed by atoms with Crippen LogP contribution in [0.5, 0.6) is 5.75 Å². The van der Waals surface area contributed by atoms with Gasteiger partial charge in [0.25, 0.3) is 5.91 Å². The van der Waals surface area contributed by atoms with Gasteiger partial charge >= 0.3 is 0 Å². The van der Waals surface area contributed by atoms with Crippen molar-refractivity contribution in [2.24, 2.45) is 0 Å². The lowest BCUT2D eigenvalue weighted by molar-refractivity contribution is 0.0921. The molecule has 27 heavy (non-hydrogen) atoms. The Balaban J connectivity index is 1.41. The molecule has 1 aromatic heterocycles. The summed E-state index contributed by atoms with van der Waals surface area (Å²) < 4.78 is 11.4. The van der Waals surface area contributed by atoms with Crippen LogP contribution in [-0.4, -0.2) is 19.1 Å². The Labute approximate surface area is 157 Å². The molecule has 0 bridgehead atoms. The fourth-order valence-electron chi connectivity index (χ4n) is 3.13. The fourth-order valence-corrected chi connectivity index (χ4v) is 3.13. The molecule has 0 aliphatic carbocycles. The van der Waals surface area contributed by atoms with Gasteiger partial charge in [0, 0.05) is 5.39 Å². The predicted molar refractivity (Wildman–Crippen MR) is 107 cm³/mol. The number of carbonyl (C=O) groups is 1. The van der Waals surface area contributed by atoms with E-state index in [1.54, 1.807) is 6.07 Å². The van der Waals surface area contributed by atoms with Crippen LogP contribution >= 0.6 is 0 Å². The first-order valence-electron chi connectivity index (χ1n) is 9.01. The molecule has 0 fully saturated rings. The maximum atomic E-state index is 12.4. The molecule has 4 nitrogen and oxygen atoms in total. The number of furan rings is 1. The van der Waals surface area contributed by atoms with Crippen LogP contribution in [0.3, 0.4) is 0 Å². The molecule has 4 rings (SSSR count). The van der Waals surface area contributed by atoms with Crippen LogP contribution < -0.4 is 10.1 Å². The van der Waals surface area contributed by atoms with Crippen LogP contribution in [0.15, 0.2) is 65.1 Å². The van der Waals surface area contributed by atoms with E-state index in [1.165, 1.54) is 11.1 Å². The standard InChI is InChI=1S/C23H21NO3/c1-15-7-9-18(13-16(15)2)26-12-11-24-23(25)22-14-20-19-6-4-3-5-17(19)8-10-21(20)27-22/h3-10,13-14H,11-12H2,1-2H3,(H,24,25). The summed E-state index contributed by atoms with van der Waals surface area (Å²) in [5.74, 6) is 0.883. The second-order valence-corrected chi connectivity index (χ2v) is 6.66. The molecule has 3 aromatic carbocycles. The van der Waals surface area contributed by atoms with Crippen LogP contribution in [0.25, 0.3) is 21.7 Å². The van der Waals surface area contributed by atoms with E-state index in [2.05, 4.69) is 19.2 Å². The van der Waals surface area contributed by atoms with Crippen molar-refractivity contribution >= 4 is 27.6 Å². The second kappa shape index (κ2) is 7.16. The monoisotopic (exact) mass is 359 g/mol. The number of carbonyl (C=O) groups excluding carboxylic acids is 1. The molecule has 4 aromatic rings. The number of fused-ring (bicyclic) bond motifs is 3. The van der Waals surface area contributed by atoms with Gasteiger partial charge in [0.1, 0.15) is 17.9 Å². The summed E-state index contributed by atoms with van der Waals surface area (Å²) in [5.41, 5.74) is 3.13. The van der Waals surface area contributed by atoms with Gasteiger partial charge in [-0.15, -0.1) is 0 Å². The van der Waals surface area contributed by atoms with Crippen molar-refractivity contribution < 1.29 is 13.9 Å². The lowest BCUT2D eigenvalue weighted by atomic mass is 10.1. The number of amides is 1. The number of nitrogens with one attached hydrogen (secondary N) is 1. The van der Waals surface area contributed by atoms with Gasteiger partial charge in [0.15, 0.2) is 5.76 Å². The summed E-state index contributed by atoms with van der Waals surface area (Å²) in [7, 11) is 0. The van der Waals surface area contributed by atoms with E-state index < -0.39 is 0 Å². The molecule has 136 valence electrons. The number of ether oxygens (including phenoxy) is 1. The number of hydrogen-bond donors (Lipinski definition) is 1. The van der Waals surface area contributed by atoms with Gasteiger partial charge in [-0.2, -0.15) is 0 Å². The Morgan fingerprint density at radius 1 is 0.963 bits per heavy atom. The molecule has 1 amide bonds. The third-order valence-corrected chi connectivity index (χ3v) is 4.78. The molecule has 0 saturated carbocycles. The van der Waals surface area contributed by atoms with Crippen molar-refractivity contribution in [2.45, 2.75) is 13.8 Å². The van der Waals surface area contributed by atoms with Gasteiger partial charge in [-0.3, -0.25) is 4.79 Å². The van der Waals surface area contributed by atoms with E-state index >= 15 is 0 Å². The highest BCUT2D eigenvalue weighted by Crippen LogP contribution is 2.28. The summed E-state index contributed by atoms with van der Waals surface area (Å²) in [6, 6.07) is 19.7. The Hall–Kier alpha value is -3.27. The Kier molecular flexibility index (Phi) is 4.55. The third-order valence-electron chi connectivity index (χ3n) is 4.78. The van der Waals surface area contributed by atoms with E-state index in [0.29, 0.717) is 24.5 Å². The summed E-state index contributed by atoms with van der Waals surface area (Å²) >= 11 is 0. The van der Waals surface area contributed by atoms with Gasteiger partial charge in [0.05, 0.1) is 6.54 Å². The number of rotatable bonds is 5. The smallest absolute Gasteiger partial charge is 0.287 e. The van der Waals surface area contributed by atoms with Crippen LogP contribution in [-0.2, 0) is 0 Å². The summed E-state index contributed by atoms with van der Waals surface area (Å²) in [6.07, 6.45) is 0. The topological polar surface area (TPSA) is 51.5 Å². The lowest BCUT2D eigenvalue weighted by Gasteiger charge is -2.08. The van der Waals surface area contributed by atoms with E-state index in [-0.39, 0.29) is 5.91 Å². The molecule has 0 aliphatic heterocycles. The molecular weight excluding hydrogens is 338 g/mol. The Morgan fingerprint density at radius 3 is 2.67 bits per heavy atom. The number of benzene rings is 3. The summed E-state index contributed by atoms with van der Waals surface area (Å²) in [4.78, 5) is 12.4. The maximum Gasteiger partial charge on any atom is 0.287 e. The van der Waals surface area contributed by atoms with E-state index in [0.717, 1.165) is 21.9 Å². The molecule has 4 heteroatoms. The average Bonchev–Trinajstić information content (AvgIpc) is 3.13. The Bertz CT molecular complexity index is 1130. The molecule has 0 radical (unpaired) electrons. The van der Waals surface area contributed by atoms with Crippen LogP contribution in [0.4, 0.5) is 0 Å². The Morgan fingerprint density at radius 2 is 1.81 bits per heavy atom. The van der Waals surface area contributed by atoms with E-state index in [1.807, 2.05) is 54.6 Å². The minimum absolute atomic E-state index is 0.237. The van der Waals surface area contributed by atoms with E-state index in [9.17, 15) is 4.79 Å². The molecule has 0 aliphatic rings. The largest absolute Gasteiger partial charge is 0.492 e. The molecular formula is C23H21NO3. The summed E-state index contributed by atoms with van der Waals surface area (Å²) in [5, 5.41) is 6.00. The highest BCUT2D eigenvalue weighted by Gasteiger charge is 2.13. The van der Waals surface area contributed by atoms with Gasteiger partial charge in [-0.25, -0.2) is 0 Å². The van der Waals surface area contributed by atoms with Gasteiger partial charge in [-0.05, 0) is 60.0 Å². The highest BCUT2D eigenvalue weighted by molar-refractivity contribution is 6.08. The molecule has 1 N–H and O–H groups in total. The molecule has 0 atom stereocenters. The molecule has 0 spiro atoms. The highest BCUT2D eigenvalue weighted by atomic mass is 16.5. The first-order chi connectivity index (χ1) is 13.1. The van der Waals surface area contributed by atoms with Crippen molar-refractivity contribution in [2.75, 3.05) is 13.2 Å². The normalized spacial score (nSPS) is 11.0. The predicted octanol–water partition coefficient (Wildman–Crippen LogP) is 5.01. The van der Waals surface area contributed by atoms with Crippen molar-refractivity contribution in [3.63, 3.8) is 0 Å². The van der Waals surface area contributed by atoms with Crippen molar-refractivity contribution in [3.05, 3.63) is 77.6 Å². The zero-order valence-electron chi connectivity index (χ0n) is 15.4. The maximum absolute atomic E-state index is 12.4. The van der Waals surface area contributed by atoms with Crippen LogP contribution in [0.2, 0.25) is 0 Å². The SMILES string of the molecule is Cc1ccc(OCCNC(=O)c2cc3c(ccc4ccccc43)o2)cc1C. The van der Waals surface area contributed by atoms with Crippen molar-refractivity contribution in [1.29, 1.82) is 0 Å². The fraction of sp³-hybridized carbons (Fsp3) is 0.174. The number of aryl methyl sites for hydroxylation is 2. The quantitative estimate of drug-likeness (QED) is 0.510. The minimum atomic E-state index is -0.237. The van der Waals surface area contributed by atoms with Crippen LogP contribution in [0, 0.1) is 13.8 Å². The van der Waals surface area contributed by atoms with Crippen LogP contribution in [0.1, 0.15) is 21.7 Å². The van der Waals surface area contributed by atoms with Gasteiger partial charge in [-0.1, -0.05) is 36.4 Å². The first kappa shape index (κ1) is 17.2. The second-order valence-electron chi connectivity index (χ2n) is 6.66. The van der Waals surface area contributed by atoms with Crippen molar-refractivity contribution in [3.8, 4) is 5.75 Å². The summed E-state index contributed by atoms with van der Waals surface area (Å²) in [6.45, 7) is 4.92. The molecule has 1 heterocycles. The zero-order valence-corrected chi connectivity index (χ0v) is 15.4. The molecule has 0 saturated heterocycles. The minimum Gasteiger partial charge on any atom is -0.492 e. The average molecular weight is 359 g/mol. The third kappa shape index (κ3) is 3.51. The van der Waals surface area contributed by atoms with Gasteiger partial charge in [0.2, 0.25) is 0 Å². The van der Waals surface area contributed by atoms with Gasteiger partial charge < -0.3 is 14.5 Å². The lowest BCUT2D eigenvalue weighted by Crippen LogP contribution is -2.27. The van der Waals surface area contributed by atoms with Crippen molar-refractivity contribution in [1.82, 2.24) is 5.32 Å². The van der Waals surface area contributed by atoms with E-state index in [4.69, 9.17) is 9.15 Å². The first-order valence-corrected chi connectivity index (χ1v) is 9.01. The zero-order chi connectivity index (χ0) is 18.8. The number of hydrogen-bond acceptors (Lipinski definition) is 3.